The Bertz CT molecular complexity index is 506. The lowest BCUT2D eigenvalue weighted by Crippen LogP contribution is -2.27. The number of thiophene rings is 1. The zero-order valence-corrected chi connectivity index (χ0v) is 12.5. The average Bonchev–Trinajstić information content (AvgIpc) is 2.97. The fraction of sp³-hybridized carbons (Fsp3) is 0.462. The van der Waals surface area contributed by atoms with Crippen LogP contribution >= 0.6 is 27.3 Å². The number of rotatable bonds is 4. The zero-order chi connectivity index (χ0) is 12.4. The molecule has 18 heavy (non-hydrogen) atoms. The highest BCUT2D eigenvalue weighted by atomic mass is 79.9. The highest BCUT2D eigenvalue weighted by molar-refractivity contribution is 9.11. The highest BCUT2D eigenvalue weighted by Gasteiger charge is 2.21. The van der Waals surface area contributed by atoms with Gasteiger partial charge in [-0.3, -0.25) is 0 Å². The lowest BCUT2D eigenvalue weighted by molar-refractivity contribution is 0.449. The molecule has 0 radical (unpaired) electrons. The first kappa shape index (κ1) is 12.4. The molecule has 0 bridgehead atoms. The van der Waals surface area contributed by atoms with Crippen LogP contribution in [-0.2, 0) is 13.0 Å². The fourth-order valence-electron chi connectivity index (χ4n) is 2.52. The molecule has 0 fully saturated rings. The summed E-state index contributed by atoms with van der Waals surface area (Å²) in [5.41, 5.74) is 1.50. The molecule has 96 valence electrons. The minimum Gasteiger partial charge on any atom is -0.336 e. The van der Waals surface area contributed by atoms with Crippen LogP contribution < -0.4 is 5.32 Å². The summed E-state index contributed by atoms with van der Waals surface area (Å²) in [6, 6.07) is 2.81. The number of hydrogen-bond donors (Lipinski definition) is 1. The summed E-state index contributed by atoms with van der Waals surface area (Å²) in [5, 5.41) is 3.67. The average molecular weight is 326 g/mol. The van der Waals surface area contributed by atoms with Crippen LogP contribution in [0.15, 0.2) is 28.6 Å². The molecule has 1 aliphatic carbocycles. The number of aryl methyl sites for hydroxylation is 1. The Balaban J connectivity index is 1.60. The third-order valence-electron chi connectivity index (χ3n) is 3.40. The summed E-state index contributed by atoms with van der Waals surface area (Å²) in [5.74, 6) is 0. The monoisotopic (exact) mass is 325 g/mol. The Morgan fingerprint density at radius 3 is 3.33 bits per heavy atom. The second-order valence-corrected chi connectivity index (χ2v) is 7.14. The lowest BCUT2D eigenvalue weighted by atomic mass is 9.94. The summed E-state index contributed by atoms with van der Waals surface area (Å²) in [4.78, 5) is 5.61. The maximum Gasteiger partial charge on any atom is 0.0946 e. The van der Waals surface area contributed by atoms with Crippen LogP contribution in [0.5, 0.6) is 0 Å². The van der Waals surface area contributed by atoms with Crippen molar-refractivity contribution in [1.82, 2.24) is 14.9 Å². The molecule has 0 aliphatic heterocycles. The number of nitrogens with one attached hydrogen (secondary N) is 1. The standard InChI is InChI=1S/C13H16BrN3S/c14-13-8-10-11(2-1-3-12(10)18-13)16-5-7-17-6-4-15-9-17/h4,6,8-9,11,16H,1-3,5,7H2. The van der Waals surface area contributed by atoms with Gasteiger partial charge in [-0.25, -0.2) is 4.98 Å². The summed E-state index contributed by atoms with van der Waals surface area (Å²) in [7, 11) is 0. The zero-order valence-electron chi connectivity index (χ0n) is 10.1. The van der Waals surface area contributed by atoms with E-state index < -0.39 is 0 Å². The van der Waals surface area contributed by atoms with Crippen molar-refractivity contribution < 1.29 is 0 Å². The minimum atomic E-state index is 0.528. The van der Waals surface area contributed by atoms with Gasteiger partial charge in [-0.05, 0) is 46.8 Å². The van der Waals surface area contributed by atoms with E-state index in [1.54, 1.807) is 4.88 Å². The minimum absolute atomic E-state index is 0.528. The normalized spacial score (nSPS) is 18.8. The van der Waals surface area contributed by atoms with Gasteiger partial charge < -0.3 is 9.88 Å². The first-order valence-electron chi connectivity index (χ1n) is 6.30. The van der Waals surface area contributed by atoms with Crippen molar-refractivity contribution in [3.05, 3.63) is 39.0 Å². The SMILES string of the molecule is Brc1cc2c(s1)CCCC2NCCn1ccnc1. The molecule has 1 atom stereocenters. The van der Waals surface area contributed by atoms with Crippen molar-refractivity contribution in [3.8, 4) is 0 Å². The molecule has 1 unspecified atom stereocenters. The van der Waals surface area contributed by atoms with Crippen LogP contribution in [0, 0.1) is 0 Å². The summed E-state index contributed by atoms with van der Waals surface area (Å²) in [6.07, 6.45) is 9.49. The summed E-state index contributed by atoms with van der Waals surface area (Å²) < 4.78 is 3.37. The van der Waals surface area contributed by atoms with E-state index in [0.717, 1.165) is 13.1 Å². The third kappa shape index (κ3) is 2.68. The van der Waals surface area contributed by atoms with Crippen LogP contribution in [0.2, 0.25) is 0 Å². The van der Waals surface area contributed by atoms with Gasteiger partial charge in [0.05, 0.1) is 10.1 Å². The number of fused-ring (bicyclic) bond motifs is 1. The van der Waals surface area contributed by atoms with Crippen molar-refractivity contribution in [2.75, 3.05) is 6.54 Å². The largest absolute Gasteiger partial charge is 0.336 e. The molecule has 2 aromatic heterocycles. The van der Waals surface area contributed by atoms with E-state index in [-0.39, 0.29) is 0 Å². The fourth-order valence-corrected chi connectivity index (χ4v) is 4.34. The Labute approximate surface area is 119 Å². The predicted molar refractivity (Wildman–Crippen MR) is 77.9 cm³/mol. The molecule has 0 amide bonds. The third-order valence-corrected chi connectivity index (χ3v) is 5.12. The molecular formula is C13H16BrN3S. The molecular weight excluding hydrogens is 310 g/mol. The van der Waals surface area contributed by atoms with Crippen LogP contribution in [-0.4, -0.2) is 16.1 Å². The van der Waals surface area contributed by atoms with Crippen LogP contribution in [0.25, 0.3) is 0 Å². The van der Waals surface area contributed by atoms with E-state index in [4.69, 9.17) is 0 Å². The number of aromatic nitrogens is 2. The molecule has 0 saturated carbocycles. The molecule has 0 aromatic carbocycles. The van der Waals surface area contributed by atoms with Crippen LogP contribution in [0.4, 0.5) is 0 Å². The Morgan fingerprint density at radius 1 is 1.56 bits per heavy atom. The predicted octanol–water partition coefficient (Wildman–Crippen LogP) is 3.37. The molecule has 1 N–H and O–H groups in total. The van der Waals surface area contributed by atoms with Gasteiger partial charge in [0.2, 0.25) is 0 Å². The molecule has 3 nitrogen and oxygen atoms in total. The van der Waals surface area contributed by atoms with Gasteiger partial charge in [0.15, 0.2) is 0 Å². The molecule has 1 aliphatic rings. The van der Waals surface area contributed by atoms with Crippen molar-refractivity contribution >= 4 is 27.3 Å². The van der Waals surface area contributed by atoms with Crippen molar-refractivity contribution in [1.29, 1.82) is 0 Å². The lowest BCUT2D eigenvalue weighted by Gasteiger charge is -2.23. The van der Waals surface area contributed by atoms with Crippen molar-refractivity contribution in [3.63, 3.8) is 0 Å². The molecule has 5 heteroatoms. The maximum atomic E-state index is 4.06. The molecule has 2 heterocycles. The Kier molecular flexibility index (Phi) is 3.82. The first-order valence-corrected chi connectivity index (χ1v) is 7.91. The number of nitrogens with zero attached hydrogens (tertiary/aromatic N) is 2. The van der Waals surface area contributed by atoms with Gasteiger partial charge in [0.25, 0.3) is 0 Å². The van der Waals surface area contributed by atoms with Crippen molar-refractivity contribution in [2.24, 2.45) is 0 Å². The van der Waals surface area contributed by atoms with E-state index >= 15 is 0 Å². The topological polar surface area (TPSA) is 29.9 Å². The van der Waals surface area contributed by atoms with Crippen LogP contribution in [0.1, 0.15) is 29.3 Å². The Morgan fingerprint density at radius 2 is 2.50 bits per heavy atom. The van der Waals surface area contributed by atoms with Gasteiger partial charge in [-0.1, -0.05) is 0 Å². The van der Waals surface area contributed by atoms with Crippen molar-refractivity contribution in [2.45, 2.75) is 31.8 Å². The van der Waals surface area contributed by atoms with Crippen LogP contribution in [0.3, 0.4) is 0 Å². The second kappa shape index (κ2) is 5.55. The van der Waals surface area contributed by atoms with E-state index in [9.17, 15) is 0 Å². The summed E-state index contributed by atoms with van der Waals surface area (Å²) in [6.45, 7) is 1.98. The first-order chi connectivity index (χ1) is 8.83. The quantitative estimate of drug-likeness (QED) is 0.933. The molecule has 3 rings (SSSR count). The molecule has 0 saturated heterocycles. The smallest absolute Gasteiger partial charge is 0.0946 e. The number of halogens is 1. The summed E-state index contributed by atoms with van der Waals surface area (Å²) >= 11 is 5.48. The van der Waals surface area contributed by atoms with Gasteiger partial charge in [-0.2, -0.15) is 0 Å². The highest BCUT2D eigenvalue weighted by Crippen LogP contribution is 2.37. The molecule has 2 aromatic rings. The maximum absolute atomic E-state index is 4.06. The number of imidazole rings is 1. The van der Waals surface area contributed by atoms with E-state index in [1.165, 1.54) is 28.6 Å². The van der Waals surface area contributed by atoms with Gasteiger partial charge >= 0.3 is 0 Å². The Hall–Kier alpha value is -0.650. The number of hydrogen-bond acceptors (Lipinski definition) is 3. The van der Waals surface area contributed by atoms with Gasteiger partial charge in [-0.15, -0.1) is 11.3 Å². The van der Waals surface area contributed by atoms with E-state index in [0.29, 0.717) is 6.04 Å². The molecule has 0 spiro atoms. The van der Waals surface area contributed by atoms with Gasteiger partial charge in [0, 0.05) is 36.4 Å². The second-order valence-electron chi connectivity index (χ2n) is 4.63. The van der Waals surface area contributed by atoms with E-state index in [1.807, 2.05) is 30.1 Å². The van der Waals surface area contributed by atoms with Gasteiger partial charge in [0.1, 0.15) is 0 Å². The van der Waals surface area contributed by atoms with E-state index in [2.05, 4.69) is 36.9 Å².